The van der Waals surface area contributed by atoms with Crippen LogP contribution < -0.4 is 4.90 Å². The van der Waals surface area contributed by atoms with Crippen molar-refractivity contribution in [3.8, 4) is 0 Å². The second-order valence-electron chi connectivity index (χ2n) is 5.18. The van der Waals surface area contributed by atoms with Crippen LogP contribution in [0.25, 0.3) is 23.1 Å². The van der Waals surface area contributed by atoms with E-state index >= 15 is 0 Å². The molecule has 0 saturated heterocycles. The molecule has 0 unspecified atom stereocenters. The predicted molar refractivity (Wildman–Crippen MR) is 99.7 cm³/mol. The number of hydrogen-bond donors (Lipinski definition) is 0. The van der Waals surface area contributed by atoms with Crippen molar-refractivity contribution in [1.82, 2.24) is 15.0 Å². The Balaban J connectivity index is 2.06. The lowest BCUT2D eigenvalue weighted by Gasteiger charge is -2.14. The highest BCUT2D eigenvalue weighted by molar-refractivity contribution is 9.10. The van der Waals surface area contributed by atoms with Crippen molar-refractivity contribution in [2.75, 3.05) is 19.0 Å². The van der Waals surface area contributed by atoms with E-state index in [4.69, 9.17) is 11.6 Å². The monoisotopic (exact) mass is 388 g/mol. The molecule has 0 spiro atoms. The van der Waals surface area contributed by atoms with Crippen LogP contribution in [0.2, 0.25) is 5.02 Å². The van der Waals surface area contributed by atoms with E-state index in [0.29, 0.717) is 10.8 Å². The molecule has 0 bridgehead atoms. The van der Waals surface area contributed by atoms with Gasteiger partial charge in [0.25, 0.3) is 0 Å². The number of anilines is 1. The van der Waals surface area contributed by atoms with E-state index in [0.717, 1.165) is 27.0 Å². The summed E-state index contributed by atoms with van der Waals surface area (Å²) in [5.41, 5.74) is 1.69. The summed E-state index contributed by atoms with van der Waals surface area (Å²) in [5, 5.41) is 1.60. The molecular weight excluding hydrogens is 376 g/mol. The Labute approximate surface area is 148 Å². The molecular formula is C17H14BrClN4. The SMILES string of the molecule is CN(C)c1nc(/C=C/c2cccc(Br)n2)nc2ccc(Cl)cc12. The highest BCUT2D eigenvalue weighted by atomic mass is 79.9. The van der Waals surface area contributed by atoms with Crippen LogP contribution in [0.15, 0.2) is 41.0 Å². The molecule has 0 atom stereocenters. The van der Waals surface area contributed by atoms with Crippen LogP contribution in [-0.2, 0) is 0 Å². The Kier molecular flexibility index (Phi) is 4.59. The fourth-order valence-corrected chi connectivity index (χ4v) is 2.72. The molecule has 6 heteroatoms. The maximum atomic E-state index is 6.09. The molecule has 3 rings (SSSR count). The van der Waals surface area contributed by atoms with E-state index in [1.165, 1.54) is 0 Å². The highest BCUT2D eigenvalue weighted by Crippen LogP contribution is 2.26. The van der Waals surface area contributed by atoms with E-state index in [1.54, 1.807) is 0 Å². The largest absolute Gasteiger partial charge is 0.362 e. The summed E-state index contributed by atoms with van der Waals surface area (Å²) in [5.74, 6) is 1.46. The molecule has 0 aliphatic carbocycles. The second kappa shape index (κ2) is 6.64. The number of halogens is 2. The first kappa shape index (κ1) is 15.9. The standard InChI is InChI=1S/C17H14BrClN4/c1-23(2)17-13-10-11(19)6-8-14(13)21-16(22-17)9-7-12-4-3-5-15(18)20-12/h3-10H,1-2H3/b9-7+. The molecule has 0 saturated carbocycles. The molecule has 0 radical (unpaired) electrons. The summed E-state index contributed by atoms with van der Waals surface area (Å²) in [6.45, 7) is 0. The van der Waals surface area contributed by atoms with Crippen molar-refractivity contribution in [1.29, 1.82) is 0 Å². The molecule has 2 aromatic heterocycles. The number of fused-ring (bicyclic) bond motifs is 1. The zero-order valence-electron chi connectivity index (χ0n) is 12.7. The average molecular weight is 390 g/mol. The predicted octanol–water partition coefficient (Wildman–Crippen LogP) is 4.68. The fraction of sp³-hybridized carbons (Fsp3) is 0.118. The number of benzene rings is 1. The maximum Gasteiger partial charge on any atom is 0.155 e. The molecule has 0 fully saturated rings. The van der Waals surface area contributed by atoms with Gasteiger partial charge in [-0.25, -0.2) is 15.0 Å². The van der Waals surface area contributed by atoms with Crippen LogP contribution in [0, 0.1) is 0 Å². The van der Waals surface area contributed by atoms with Gasteiger partial charge in [0.2, 0.25) is 0 Å². The van der Waals surface area contributed by atoms with Crippen molar-refractivity contribution in [2.24, 2.45) is 0 Å². The van der Waals surface area contributed by atoms with Crippen molar-refractivity contribution in [3.05, 3.63) is 57.5 Å². The van der Waals surface area contributed by atoms with E-state index in [9.17, 15) is 0 Å². The summed E-state index contributed by atoms with van der Waals surface area (Å²) in [4.78, 5) is 15.5. The van der Waals surface area contributed by atoms with Crippen LogP contribution in [0.1, 0.15) is 11.5 Å². The molecule has 1 aromatic carbocycles. The van der Waals surface area contributed by atoms with Gasteiger partial charge in [0.1, 0.15) is 10.4 Å². The summed E-state index contributed by atoms with van der Waals surface area (Å²) >= 11 is 9.45. The van der Waals surface area contributed by atoms with E-state index in [1.807, 2.05) is 67.5 Å². The first-order valence-electron chi connectivity index (χ1n) is 6.98. The zero-order valence-corrected chi connectivity index (χ0v) is 15.0. The minimum Gasteiger partial charge on any atom is -0.362 e. The maximum absolute atomic E-state index is 6.09. The summed E-state index contributed by atoms with van der Waals surface area (Å²) in [6, 6.07) is 11.4. The van der Waals surface area contributed by atoms with Gasteiger partial charge in [0.05, 0.1) is 11.2 Å². The second-order valence-corrected chi connectivity index (χ2v) is 6.43. The van der Waals surface area contributed by atoms with Gasteiger partial charge in [-0.2, -0.15) is 0 Å². The van der Waals surface area contributed by atoms with Crippen LogP contribution in [0.5, 0.6) is 0 Å². The van der Waals surface area contributed by atoms with Crippen LogP contribution >= 0.6 is 27.5 Å². The lowest BCUT2D eigenvalue weighted by atomic mass is 10.2. The lowest BCUT2D eigenvalue weighted by molar-refractivity contribution is 1.05. The average Bonchev–Trinajstić information content (AvgIpc) is 2.52. The third-order valence-corrected chi connectivity index (χ3v) is 3.90. The van der Waals surface area contributed by atoms with Gasteiger partial charge >= 0.3 is 0 Å². The Morgan fingerprint density at radius 2 is 1.87 bits per heavy atom. The van der Waals surface area contributed by atoms with E-state index < -0.39 is 0 Å². The van der Waals surface area contributed by atoms with Gasteiger partial charge in [-0.1, -0.05) is 17.7 Å². The van der Waals surface area contributed by atoms with Crippen LogP contribution in [0.3, 0.4) is 0 Å². The molecule has 0 aliphatic rings. The number of nitrogens with zero attached hydrogens (tertiary/aromatic N) is 4. The molecule has 116 valence electrons. The van der Waals surface area contributed by atoms with Gasteiger partial charge in [-0.15, -0.1) is 0 Å². The minimum absolute atomic E-state index is 0.630. The number of aromatic nitrogens is 3. The highest BCUT2D eigenvalue weighted by Gasteiger charge is 2.09. The number of pyridine rings is 1. The van der Waals surface area contributed by atoms with Gasteiger partial charge in [0, 0.05) is 24.5 Å². The van der Waals surface area contributed by atoms with Gasteiger partial charge in [0.15, 0.2) is 5.82 Å². The van der Waals surface area contributed by atoms with Gasteiger partial charge in [-0.05, 0) is 58.4 Å². The molecule has 0 amide bonds. The molecule has 2 heterocycles. The summed E-state index contributed by atoms with van der Waals surface area (Å²) < 4.78 is 0.794. The van der Waals surface area contributed by atoms with Crippen molar-refractivity contribution < 1.29 is 0 Å². The third kappa shape index (κ3) is 3.68. The number of rotatable bonds is 3. The summed E-state index contributed by atoms with van der Waals surface area (Å²) in [6.07, 6.45) is 3.75. The normalized spacial score (nSPS) is 11.3. The van der Waals surface area contributed by atoms with Crippen LogP contribution in [-0.4, -0.2) is 29.0 Å². The Morgan fingerprint density at radius 1 is 1.04 bits per heavy atom. The molecule has 0 N–H and O–H groups in total. The molecule has 23 heavy (non-hydrogen) atoms. The first-order valence-corrected chi connectivity index (χ1v) is 8.15. The van der Waals surface area contributed by atoms with Gasteiger partial charge in [-0.3, -0.25) is 0 Å². The third-order valence-electron chi connectivity index (χ3n) is 3.22. The van der Waals surface area contributed by atoms with Crippen LogP contribution in [0.4, 0.5) is 5.82 Å². The van der Waals surface area contributed by atoms with Crippen molar-refractivity contribution >= 4 is 56.4 Å². The lowest BCUT2D eigenvalue weighted by Crippen LogP contribution is -2.12. The smallest absolute Gasteiger partial charge is 0.155 e. The van der Waals surface area contributed by atoms with Gasteiger partial charge < -0.3 is 4.90 Å². The topological polar surface area (TPSA) is 41.9 Å². The van der Waals surface area contributed by atoms with Crippen molar-refractivity contribution in [3.63, 3.8) is 0 Å². The molecule has 3 aromatic rings. The minimum atomic E-state index is 0.630. The van der Waals surface area contributed by atoms with Crippen molar-refractivity contribution in [2.45, 2.75) is 0 Å². The Morgan fingerprint density at radius 3 is 2.61 bits per heavy atom. The zero-order chi connectivity index (χ0) is 16.4. The first-order chi connectivity index (χ1) is 11.0. The summed E-state index contributed by atoms with van der Waals surface area (Å²) in [7, 11) is 3.90. The Bertz CT molecular complexity index is 893. The quantitative estimate of drug-likeness (QED) is 0.610. The molecule has 4 nitrogen and oxygen atoms in total. The fourth-order valence-electron chi connectivity index (χ4n) is 2.19. The molecule has 0 aliphatic heterocycles. The number of hydrogen-bond acceptors (Lipinski definition) is 4. The Hall–Kier alpha value is -1.98. The van der Waals surface area contributed by atoms with E-state index in [2.05, 4.69) is 30.9 Å². The van der Waals surface area contributed by atoms with E-state index in [-0.39, 0.29) is 0 Å².